The van der Waals surface area contributed by atoms with Crippen LogP contribution in [-0.2, 0) is 118 Å². The number of aliphatic carboxylic acids is 1. The molecule has 0 radical (unpaired) electrons. The van der Waals surface area contributed by atoms with Crippen molar-refractivity contribution in [3.63, 3.8) is 0 Å². The van der Waals surface area contributed by atoms with Crippen molar-refractivity contribution in [3.05, 3.63) is 128 Å². The number of carboxylic acid groups (broad SMARTS) is 1. The molecule has 5 saturated carbocycles. The van der Waals surface area contributed by atoms with E-state index in [1.165, 1.54) is 26.2 Å². The van der Waals surface area contributed by atoms with E-state index in [9.17, 15) is 43.5 Å². The topological polar surface area (TPSA) is 276 Å². The highest BCUT2D eigenvalue weighted by Gasteiger charge is 2.56. The Morgan fingerprint density at radius 1 is 0.606 bits per heavy atom. The lowest BCUT2D eigenvalue weighted by molar-refractivity contribution is -0.169. The van der Waals surface area contributed by atoms with E-state index >= 15 is 0 Å². The van der Waals surface area contributed by atoms with Gasteiger partial charge in [0, 0.05) is 119 Å². The number of nitrogens with zero attached hydrogens (tertiary/aromatic N) is 9. The fraction of sp³-hybridized carbons (Fsp3) is 0.534. The highest BCUT2D eigenvalue weighted by Crippen LogP contribution is 2.53. The lowest BCUT2D eigenvalue weighted by Gasteiger charge is -2.35. The van der Waals surface area contributed by atoms with E-state index in [1.807, 2.05) is 121 Å². The van der Waals surface area contributed by atoms with Gasteiger partial charge < -0.3 is 24.8 Å². The molecule has 8 fully saturated rings. The molecule has 31 heteroatoms. The van der Waals surface area contributed by atoms with Crippen LogP contribution in [0.15, 0.2) is 99.0 Å². The van der Waals surface area contributed by atoms with E-state index in [2.05, 4.69) is 128 Å². The number of pyridine rings is 3. The van der Waals surface area contributed by atoms with E-state index in [-0.39, 0.29) is 128 Å². The molecular formula is C73H88Br3ClN10O11S6. The zero-order chi connectivity index (χ0) is 74.1. The number of Topliss-reactive ketones (excluding diaryl/α,β-unsaturated/α-hetero) is 4. The summed E-state index contributed by atoms with van der Waals surface area (Å²) in [4.78, 5) is 126. The van der Waals surface area contributed by atoms with E-state index in [0.29, 0.717) is 61.5 Å². The monoisotopic (exact) mass is 1740 g/mol. The first kappa shape index (κ1) is 86.0. The zero-order valence-electron chi connectivity index (χ0n) is 59.0. The van der Waals surface area contributed by atoms with Crippen LogP contribution in [0.4, 0.5) is 4.79 Å². The van der Waals surface area contributed by atoms with E-state index < -0.39 is 35.0 Å². The van der Waals surface area contributed by atoms with Crippen molar-refractivity contribution in [2.45, 2.75) is 206 Å². The summed E-state index contributed by atoms with van der Waals surface area (Å²) in [5, 5.41) is 17.9. The summed E-state index contributed by atoms with van der Waals surface area (Å²) in [6.07, 6.45) is 16.0. The molecule has 2 amide bonds. The molecule has 2 N–H and O–H groups in total. The van der Waals surface area contributed by atoms with E-state index in [4.69, 9.17) is 9.47 Å². The van der Waals surface area contributed by atoms with Crippen molar-refractivity contribution < 1.29 is 52.9 Å². The molecule has 6 aromatic rings. The lowest BCUT2D eigenvalue weighted by Crippen LogP contribution is -2.51. The molecule has 13 atom stereocenters. The molecule has 8 bridgehead atoms. The molecule has 3 saturated heterocycles. The SMILES string of the molecule is CC(=O)c1nn(CC(=O)N2[C@H]3CC[C@H](C3)[C@H]2C(=O)Cc2cccc(Br)n2)c2ccc(-c3cnc(C)nc3)cc12.CC(C)(C)OC(=O)C1[C@H]2CC[C@H](C2)[C@H]1C(=O)O.CC(C)(C)OC(=O)N1[C@H]2CC[C@H](C2)[C@H]1C(=O)Cc1cccc(Br)n1.Cl.O=C(Cc1cccc(Br)n1)[C@H]1N[C@H]2CC[C@@H]1C2.S.S=S.S=S=S. The third-order valence-corrected chi connectivity index (χ3v) is 21.5. The molecule has 5 aromatic heterocycles. The number of ether oxygens (including phenoxy) is 2. The standard InChI is InChI=1S/C29H27BrN6O3.C18H23BrN2O3.C13H15BrN2O.C13H20O4.ClH.S3.S2.H2S/c1-16(37)28-23-11-18(20-13-31-17(2)32-14-20)7-9-24(23)35(34-28)15-27(39)36-22-8-6-19(10-22)29(36)25(38)12-21-4-3-5-26(30)33-21;1-18(2,3)24-17(23)21-13-8-7-11(9-13)16(21)14(22)10-12-5-4-6-15(19)20-12;14-12-3-1-2-9(15-12)7-11(17)13-8-4-5-10(6-8)16-13;1-13(2,3)17-12(16)10-8-5-4-7(6-8)9(10)11(14)15;;1-3-2;1-2;/h3-5,7,9,11,13-14,19,22,29H,6,8,10,12,15H2,1-2H3;4-6,11,13,16H,7-10H2,1-3H3;1-3,8,10,13,16H,4-7H2;7-10H,4-6H2,1-3H3,(H,14,15);1H;;;1H2/t19-,22+,29+;11-,13+,16+;8-,10+,13+;7-,8+,9-,10?;;;;/m1111..../s1. The number of fused-ring (bicyclic) bond motifs is 9. The predicted octanol–water partition coefficient (Wildman–Crippen LogP) is 12.8. The van der Waals surface area contributed by atoms with Crippen molar-refractivity contribution in [2.75, 3.05) is 0 Å². The minimum atomic E-state index is -0.840. The van der Waals surface area contributed by atoms with Gasteiger partial charge in [-0.15, -0.1) is 12.4 Å². The predicted molar refractivity (Wildman–Crippen MR) is 426 cm³/mol. The number of carboxylic acids is 1. The molecule has 14 rings (SSSR count). The summed E-state index contributed by atoms with van der Waals surface area (Å²) in [5.41, 5.74) is 3.86. The van der Waals surface area contributed by atoms with Crippen LogP contribution in [0.1, 0.15) is 159 Å². The van der Waals surface area contributed by atoms with Crippen LogP contribution in [-0.4, -0.2) is 144 Å². The number of esters is 1. The molecule has 8 aliphatic rings. The molecule has 104 heavy (non-hydrogen) atoms. The summed E-state index contributed by atoms with van der Waals surface area (Å²) >= 11 is 25.6. The number of aryl methyl sites for hydroxylation is 1. The number of halogens is 4. The summed E-state index contributed by atoms with van der Waals surface area (Å²) in [5.74, 6) is -0.0261. The third-order valence-electron chi connectivity index (χ3n) is 20.2. The lowest BCUT2D eigenvalue weighted by atomic mass is 9.79. The van der Waals surface area contributed by atoms with Crippen LogP contribution in [0.2, 0.25) is 0 Å². The van der Waals surface area contributed by atoms with Crippen molar-refractivity contribution >= 4 is 185 Å². The normalized spacial score (nSPS) is 24.5. The van der Waals surface area contributed by atoms with Crippen molar-refractivity contribution in [1.29, 1.82) is 0 Å². The highest BCUT2D eigenvalue weighted by atomic mass is 79.9. The average molecular weight is 1750 g/mol. The van der Waals surface area contributed by atoms with E-state index in [0.717, 1.165) is 93.8 Å². The summed E-state index contributed by atoms with van der Waals surface area (Å²) in [6.45, 7) is 14.2. The summed E-state index contributed by atoms with van der Waals surface area (Å²) in [7, 11) is 0.917. The fourth-order valence-electron chi connectivity index (χ4n) is 16.3. The van der Waals surface area contributed by atoms with Crippen LogP contribution >= 0.6 is 73.7 Å². The van der Waals surface area contributed by atoms with Crippen LogP contribution in [0, 0.1) is 48.3 Å². The molecule has 0 spiro atoms. The Morgan fingerprint density at radius 3 is 1.54 bits per heavy atom. The van der Waals surface area contributed by atoms with Crippen LogP contribution in [0.5, 0.6) is 0 Å². The first-order valence-corrected chi connectivity index (χ1v) is 40.7. The number of rotatable bonds is 15. The Morgan fingerprint density at radius 2 is 1.08 bits per heavy atom. The van der Waals surface area contributed by atoms with E-state index in [1.54, 1.807) is 26.9 Å². The number of carbonyl (C=O) groups is 8. The average Bonchev–Trinajstić information content (AvgIpc) is 1.62. The van der Waals surface area contributed by atoms with Gasteiger partial charge in [-0.1, -0.05) is 24.3 Å². The zero-order valence-corrected chi connectivity index (χ0v) is 69.7. The first-order valence-electron chi connectivity index (χ1n) is 34.3. The Bertz CT molecular complexity index is 4150. The minimum Gasteiger partial charge on any atom is -0.481 e. The van der Waals surface area contributed by atoms with Gasteiger partial charge in [0.05, 0.1) is 54.7 Å². The second-order valence-electron chi connectivity index (χ2n) is 29.4. The van der Waals surface area contributed by atoms with Gasteiger partial charge in [-0.05, 0) is 257 Å². The van der Waals surface area contributed by atoms with Gasteiger partial charge in [0.1, 0.15) is 43.1 Å². The smallest absolute Gasteiger partial charge is 0.411 e. The molecular weight excluding hydrogens is 1660 g/mol. The number of carbonyl (C=O) groups excluding carboxylic acids is 7. The number of hydrogen-bond donors (Lipinski definition) is 2. The second kappa shape index (κ2) is 38.2. The molecule has 1 unspecified atom stereocenters. The van der Waals surface area contributed by atoms with Crippen LogP contribution in [0.3, 0.4) is 0 Å². The van der Waals surface area contributed by atoms with Gasteiger partial charge in [0.15, 0.2) is 23.1 Å². The van der Waals surface area contributed by atoms with Crippen molar-refractivity contribution in [2.24, 2.45) is 41.4 Å². The number of ketones is 4. The Balaban J connectivity index is 0.000000200. The Labute approximate surface area is 668 Å². The quantitative estimate of drug-likeness (QED) is 0.0549. The van der Waals surface area contributed by atoms with Crippen LogP contribution < -0.4 is 5.32 Å². The van der Waals surface area contributed by atoms with Gasteiger partial charge in [-0.3, -0.25) is 43.1 Å². The van der Waals surface area contributed by atoms with Gasteiger partial charge in [-0.25, -0.2) is 29.7 Å². The van der Waals surface area contributed by atoms with Gasteiger partial charge in [0.2, 0.25) is 5.91 Å². The summed E-state index contributed by atoms with van der Waals surface area (Å²) in [6, 6.07) is 22.5. The van der Waals surface area contributed by atoms with Gasteiger partial charge >= 0.3 is 18.0 Å². The maximum atomic E-state index is 13.8. The number of piperidine rings is 3. The molecule has 21 nitrogen and oxygen atoms in total. The minimum absolute atomic E-state index is 0. The number of hydrogen-bond acceptors (Lipinski definition) is 21. The molecule has 8 heterocycles. The number of likely N-dealkylation sites (tertiary alicyclic amines) is 2. The number of nitrogens with one attached hydrogen (secondary N) is 1. The number of aromatic nitrogens is 7. The van der Waals surface area contributed by atoms with Crippen LogP contribution in [0.25, 0.3) is 22.0 Å². The Kier molecular flexibility index (Phi) is 31.6. The maximum absolute atomic E-state index is 13.8. The number of benzene rings is 1. The van der Waals surface area contributed by atoms with Crippen molar-refractivity contribution in [3.8, 4) is 11.1 Å². The third kappa shape index (κ3) is 21.8. The molecule has 560 valence electrons. The largest absolute Gasteiger partial charge is 0.481 e. The summed E-state index contributed by atoms with van der Waals surface area (Å²) < 4.78 is 14.7. The molecule has 3 aliphatic heterocycles. The fourth-order valence-corrected chi connectivity index (χ4v) is 17.4. The van der Waals surface area contributed by atoms with Gasteiger partial charge in [-0.2, -0.15) is 18.6 Å². The maximum Gasteiger partial charge on any atom is 0.411 e. The first-order chi connectivity index (χ1) is 48.4. The number of amides is 2. The highest BCUT2D eigenvalue weighted by molar-refractivity contribution is 9.11. The second-order valence-corrected chi connectivity index (χ2v) is 33.6. The molecule has 5 aliphatic carbocycles. The Hall–Kier alpha value is -5.28. The molecule has 1 aromatic carbocycles. The van der Waals surface area contributed by atoms with Gasteiger partial charge in [0.25, 0.3) is 0 Å². The van der Waals surface area contributed by atoms with Crippen molar-refractivity contribution in [1.82, 2.24) is 49.8 Å².